The molecule has 1 saturated carbocycles. The van der Waals surface area contributed by atoms with Gasteiger partial charge in [-0.05, 0) is 19.3 Å². The summed E-state index contributed by atoms with van der Waals surface area (Å²) in [6, 6.07) is 0.263. The van der Waals surface area contributed by atoms with E-state index in [0.29, 0.717) is 0 Å². The van der Waals surface area contributed by atoms with E-state index in [0.717, 1.165) is 25.7 Å². The van der Waals surface area contributed by atoms with Gasteiger partial charge < -0.3 is 15.6 Å². The molecule has 0 spiro atoms. The fraction of sp³-hybridized carbons (Fsp3) is 1.00. The van der Waals surface area contributed by atoms with Crippen LogP contribution in [0.3, 0.4) is 0 Å². The first-order valence-electron chi connectivity index (χ1n) is 4.20. The fourth-order valence-electron chi connectivity index (χ4n) is 1.72. The van der Waals surface area contributed by atoms with E-state index in [2.05, 4.69) is 0 Å². The number of methoxy groups -OCH3 is 1. The van der Waals surface area contributed by atoms with E-state index in [4.69, 9.17) is 10.5 Å². The molecule has 0 heterocycles. The van der Waals surface area contributed by atoms with E-state index >= 15 is 0 Å². The standard InChI is InChI=1S/C8H17NO2/c1-11-8(10)6-3-2-4-7(9)5-6/h6-8,10H,2-5,9H2,1H3. The van der Waals surface area contributed by atoms with Gasteiger partial charge in [0.2, 0.25) is 0 Å². The zero-order valence-corrected chi connectivity index (χ0v) is 6.99. The Kier molecular flexibility index (Phi) is 3.30. The molecule has 3 N–H and O–H groups in total. The lowest BCUT2D eigenvalue weighted by Crippen LogP contribution is -2.34. The maximum absolute atomic E-state index is 9.32. The van der Waals surface area contributed by atoms with E-state index < -0.39 is 6.29 Å². The van der Waals surface area contributed by atoms with Crippen LogP contribution in [0.15, 0.2) is 0 Å². The molecule has 1 rings (SSSR count). The largest absolute Gasteiger partial charge is 0.368 e. The van der Waals surface area contributed by atoms with Gasteiger partial charge >= 0.3 is 0 Å². The van der Waals surface area contributed by atoms with Crippen LogP contribution in [0, 0.1) is 5.92 Å². The first-order chi connectivity index (χ1) is 5.24. The molecule has 1 fully saturated rings. The summed E-state index contributed by atoms with van der Waals surface area (Å²) < 4.78 is 4.84. The van der Waals surface area contributed by atoms with Crippen LogP contribution in [0.4, 0.5) is 0 Å². The Balaban J connectivity index is 2.33. The summed E-state index contributed by atoms with van der Waals surface area (Å²) >= 11 is 0. The van der Waals surface area contributed by atoms with E-state index in [1.54, 1.807) is 0 Å². The van der Waals surface area contributed by atoms with Crippen LogP contribution in [-0.2, 0) is 4.74 Å². The quantitative estimate of drug-likeness (QED) is 0.576. The molecular weight excluding hydrogens is 142 g/mol. The second-order valence-electron chi connectivity index (χ2n) is 3.31. The molecule has 1 aliphatic carbocycles. The zero-order chi connectivity index (χ0) is 8.27. The van der Waals surface area contributed by atoms with Crippen molar-refractivity contribution >= 4 is 0 Å². The molecule has 0 aliphatic heterocycles. The summed E-state index contributed by atoms with van der Waals surface area (Å²) in [6.07, 6.45) is 3.54. The van der Waals surface area contributed by atoms with E-state index in [9.17, 15) is 5.11 Å². The minimum Gasteiger partial charge on any atom is -0.368 e. The van der Waals surface area contributed by atoms with Gasteiger partial charge in [-0.2, -0.15) is 0 Å². The lowest BCUT2D eigenvalue weighted by Gasteiger charge is -2.29. The van der Waals surface area contributed by atoms with Gasteiger partial charge in [-0.25, -0.2) is 0 Å². The molecule has 3 atom stereocenters. The average Bonchev–Trinajstić information content (AvgIpc) is 2.03. The van der Waals surface area contributed by atoms with Crippen LogP contribution < -0.4 is 5.73 Å². The van der Waals surface area contributed by atoms with E-state index in [-0.39, 0.29) is 12.0 Å². The number of aliphatic hydroxyl groups excluding tert-OH is 1. The number of aliphatic hydroxyl groups is 1. The normalized spacial score (nSPS) is 35.2. The van der Waals surface area contributed by atoms with Crippen LogP contribution in [0.2, 0.25) is 0 Å². The highest BCUT2D eigenvalue weighted by atomic mass is 16.6. The average molecular weight is 159 g/mol. The third kappa shape index (κ3) is 2.43. The first-order valence-corrected chi connectivity index (χ1v) is 4.20. The van der Waals surface area contributed by atoms with Crippen LogP contribution in [-0.4, -0.2) is 24.5 Å². The second kappa shape index (κ2) is 4.04. The smallest absolute Gasteiger partial charge is 0.157 e. The Labute approximate surface area is 67.5 Å². The highest BCUT2D eigenvalue weighted by Crippen LogP contribution is 2.25. The summed E-state index contributed by atoms with van der Waals surface area (Å²) in [6.45, 7) is 0. The number of hydrogen-bond donors (Lipinski definition) is 2. The van der Waals surface area contributed by atoms with Crippen molar-refractivity contribution in [3.8, 4) is 0 Å². The molecule has 0 saturated heterocycles. The van der Waals surface area contributed by atoms with Gasteiger partial charge in [0, 0.05) is 19.1 Å². The highest BCUT2D eigenvalue weighted by molar-refractivity contribution is 4.76. The molecule has 0 aromatic carbocycles. The Morgan fingerprint density at radius 2 is 2.27 bits per heavy atom. The zero-order valence-electron chi connectivity index (χ0n) is 6.99. The van der Waals surface area contributed by atoms with E-state index in [1.165, 1.54) is 7.11 Å². The highest BCUT2D eigenvalue weighted by Gasteiger charge is 2.24. The van der Waals surface area contributed by atoms with Gasteiger partial charge in [-0.15, -0.1) is 0 Å². The van der Waals surface area contributed by atoms with Crippen molar-refractivity contribution in [2.45, 2.75) is 38.0 Å². The monoisotopic (exact) mass is 159 g/mol. The minimum atomic E-state index is -0.610. The number of rotatable bonds is 2. The van der Waals surface area contributed by atoms with Crippen molar-refractivity contribution in [3.05, 3.63) is 0 Å². The SMILES string of the molecule is COC(O)C1CCCC(N)C1. The molecular formula is C8H17NO2. The summed E-state index contributed by atoms with van der Waals surface area (Å²) in [7, 11) is 1.53. The van der Waals surface area contributed by atoms with Crippen molar-refractivity contribution in [2.75, 3.05) is 7.11 Å². The molecule has 0 aromatic heterocycles. The molecule has 0 amide bonds. The predicted octanol–water partition coefficient (Wildman–Crippen LogP) is 0.469. The van der Waals surface area contributed by atoms with Crippen molar-refractivity contribution in [2.24, 2.45) is 11.7 Å². The van der Waals surface area contributed by atoms with Crippen molar-refractivity contribution in [1.29, 1.82) is 0 Å². The topological polar surface area (TPSA) is 55.5 Å². The van der Waals surface area contributed by atoms with Gasteiger partial charge in [-0.3, -0.25) is 0 Å². The lowest BCUT2D eigenvalue weighted by atomic mass is 9.86. The summed E-state index contributed by atoms with van der Waals surface area (Å²) in [5.41, 5.74) is 5.75. The minimum absolute atomic E-state index is 0.253. The summed E-state index contributed by atoms with van der Waals surface area (Å²) in [5.74, 6) is 0.253. The van der Waals surface area contributed by atoms with Gasteiger partial charge in [0.05, 0.1) is 0 Å². The number of ether oxygens (including phenoxy) is 1. The van der Waals surface area contributed by atoms with Crippen LogP contribution in [0.1, 0.15) is 25.7 Å². The first kappa shape index (κ1) is 8.97. The molecule has 0 radical (unpaired) electrons. The van der Waals surface area contributed by atoms with Crippen molar-refractivity contribution < 1.29 is 9.84 Å². The maximum Gasteiger partial charge on any atom is 0.157 e. The summed E-state index contributed by atoms with van der Waals surface area (Å²) in [4.78, 5) is 0. The maximum atomic E-state index is 9.32. The Morgan fingerprint density at radius 1 is 1.55 bits per heavy atom. The second-order valence-corrected chi connectivity index (χ2v) is 3.31. The third-order valence-electron chi connectivity index (χ3n) is 2.40. The van der Waals surface area contributed by atoms with Gasteiger partial charge in [-0.1, -0.05) is 6.42 Å². The predicted molar refractivity (Wildman–Crippen MR) is 42.9 cm³/mol. The number of hydrogen-bond acceptors (Lipinski definition) is 3. The van der Waals surface area contributed by atoms with Gasteiger partial charge in [0.15, 0.2) is 6.29 Å². The summed E-state index contributed by atoms with van der Waals surface area (Å²) in [5, 5.41) is 9.32. The number of nitrogens with two attached hydrogens (primary N) is 1. The molecule has 3 nitrogen and oxygen atoms in total. The Hall–Kier alpha value is -0.120. The van der Waals surface area contributed by atoms with Gasteiger partial charge in [0.25, 0.3) is 0 Å². The van der Waals surface area contributed by atoms with Crippen LogP contribution >= 0.6 is 0 Å². The molecule has 0 aromatic rings. The molecule has 3 unspecified atom stereocenters. The van der Waals surface area contributed by atoms with Crippen molar-refractivity contribution in [1.82, 2.24) is 0 Å². The molecule has 1 aliphatic rings. The molecule has 11 heavy (non-hydrogen) atoms. The molecule has 66 valence electrons. The Morgan fingerprint density at radius 3 is 2.82 bits per heavy atom. The third-order valence-corrected chi connectivity index (χ3v) is 2.40. The molecule has 3 heteroatoms. The van der Waals surface area contributed by atoms with Gasteiger partial charge in [0.1, 0.15) is 0 Å². The van der Waals surface area contributed by atoms with E-state index in [1.807, 2.05) is 0 Å². The van der Waals surface area contributed by atoms with Crippen LogP contribution in [0.5, 0.6) is 0 Å². The fourth-order valence-corrected chi connectivity index (χ4v) is 1.72. The van der Waals surface area contributed by atoms with Crippen molar-refractivity contribution in [3.63, 3.8) is 0 Å². The lowest BCUT2D eigenvalue weighted by molar-refractivity contribution is -0.121. The Bertz CT molecular complexity index is 119. The molecule has 0 bridgehead atoms. The van der Waals surface area contributed by atoms with Crippen LogP contribution in [0.25, 0.3) is 0 Å².